The second kappa shape index (κ2) is 6.08. The normalized spacial score (nSPS) is 33.4. The number of nitrogens with one attached hydrogen (secondary N) is 5. The van der Waals surface area contributed by atoms with Gasteiger partial charge in [0.25, 0.3) is 5.91 Å². The van der Waals surface area contributed by atoms with Crippen molar-refractivity contribution < 1.29 is 14.7 Å². The second-order valence-corrected chi connectivity index (χ2v) is 7.71. The Morgan fingerprint density at radius 2 is 1.93 bits per heavy atom. The topological polar surface area (TPSA) is 148 Å². The van der Waals surface area contributed by atoms with Crippen LogP contribution >= 0.6 is 0 Å². The summed E-state index contributed by atoms with van der Waals surface area (Å²) in [6.45, 7) is 0.457. The molecule has 29 heavy (non-hydrogen) atoms. The van der Waals surface area contributed by atoms with Gasteiger partial charge < -0.3 is 26.0 Å². The molecule has 11 nitrogen and oxygen atoms in total. The zero-order chi connectivity index (χ0) is 20.3. The Kier molecular flexibility index (Phi) is 3.72. The highest BCUT2D eigenvalue weighted by molar-refractivity contribution is 6.12. The van der Waals surface area contributed by atoms with E-state index in [1.54, 1.807) is 29.2 Å². The van der Waals surface area contributed by atoms with Gasteiger partial charge in [-0.25, -0.2) is 4.79 Å². The summed E-state index contributed by atoms with van der Waals surface area (Å²) in [6, 6.07) is 7.55. The number of hydrogen-bond donors (Lipinski definition) is 6. The van der Waals surface area contributed by atoms with Gasteiger partial charge in [0.15, 0.2) is 17.6 Å². The van der Waals surface area contributed by atoms with Gasteiger partial charge in [0.05, 0.1) is 24.7 Å². The lowest BCUT2D eigenvalue weighted by Gasteiger charge is -2.49. The number of carbonyl (C=O) groups is 2. The molecule has 1 aromatic carbocycles. The number of rotatable bonds is 3. The van der Waals surface area contributed by atoms with E-state index in [2.05, 4.69) is 16.0 Å². The van der Waals surface area contributed by atoms with E-state index < -0.39 is 29.9 Å². The molecule has 3 amide bonds. The zero-order valence-corrected chi connectivity index (χ0v) is 15.6. The van der Waals surface area contributed by atoms with Crippen molar-refractivity contribution in [3.63, 3.8) is 0 Å². The van der Waals surface area contributed by atoms with E-state index in [1.165, 1.54) is 9.80 Å². The van der Waals surface area contributed by atoms with Crippen molar-refractivity contribution in [2.24, 2.45) is 0 Å². The van der Waals surface area contributed by atoms with Crippen LogP contribution < -0.4 is 20.9 Å². The minimum atomic E-state index is -1.03. The lowest BCUT2D eigenvalue weighted by atomic mass is 9.88. The molecule has 0 aliphatic carbocycles. The van der Waals surface area contributed by atoms with Crippen LogP contribution in [0.3, 0.4) is 0 Å². The van der Waals surface area contributed by atoms with Crippen LogP contribution in [0.25, 0.3) is 0 Å². The fraction of sp³-hybridized carbons (Fsp3) is 0.444. The van der Waals surface area contributed by atoms with Crippen LogP contribution in [-0.4, -0.2) is 82.2 Å². The SMILES string of the molecule is N=C1NC2C(CN3C(=O)CN(c4ccccc4)C3=O)NC(=N)N3CCC(O)C23N1. The van der Waals surface area contributed by atoms with Crippen molar-refractivity contribution >= 4 is 29.5 Å². The molecule has 4 heterocycles. The molecule has 4 atom stereocenters. The molecule has 152 valence electrons. The number of amides is 3. The third-order valence-corrected chi connectivity index (χ3v) is 6.18. The van der Waals surface area contributed by atoms with Crippen LogP contribution in [0.2, 0.25) is 0 Å². The van der Waals surface area contributed by atoms with Crippen LogP contribution in [0.15, 0.2) is 30.3 Å². The van der Waals surface area contributed by atoms with Gasteiger partial charge in [-0.1, -0.05) is 18.2 Å². The minimum Gasteiger partial charge on any atom is -0.389 e. The van der Waals surface area contributed by atoms with Gasteiger partial charge >= 0.3 is 6.03 Å². The molecule has 4 aliphatic rings. The van der Waals surface area contributed by atoms with Crippen molar-refractivity contribution in [1.82, 2.24) is 25.8 Å². The smallest absolute Gasteiger partial charge is 0.331 e. The van der Waals surface area contributed by atoms with E-state index in [0.29, 0.717) is 18.7 Å². The lowest BCUT2D eigenvalue weighted by molar-refractivity contribution is -0.125. The summed E-state index contributed by atoms with van der Waals surface area (Å²) >= 11 is 0. The minimum absolute atomic E-state index is 0.0261. The van der Waals surface area contributed by atoms with Gasteiger partial charge in [-0.3, -0.25) is 25.4 Å². The van der Waals surface area contributed by atoms with E-state index in [1.807, 2.05) is 6.07 Å². The molecule has 4 fully saturated rings. The highest BCUT2D eigenvalue weighted by Crippen LogP contribution is 2.37. The highest BCUT2D eigenvalue weighted by Gasteiger charge is 2.64. The van der Waals surface area contributed by atoms with Crippen LogP contribution in [0.5, 0.6) is 0 Å². The van der Waals surface area contributed by atoms with Crippen molar-refractivity contribution in [2.75, 3.05) is 24.5 Å². The number of para-hydroxylation sites is 1. The van der Waals surface area contributed by atoms with Crippen molar-refractivity contribution in [1.29, 1.82) is 10.8 Å². The predicted octanol–water partition coefficient (Wildman–Crippen LogP) is -1.38. The third kappa shape index (κ3) is 2.40. The number of anilines is 1. The number of guanidine groups is 2. The first-order valence-electron chi connectivity index (χ1n) is 9.53. The summed E-state index contributed by atoms with van der Waals surface area (Å²) in [7, 11) is 0. The molecule has 5 rings (SSSR count). The Balaban J connectivity index is 1.42. The number of aliphatic hydroxyl groups is 1. The van der Waals surface area contributed by atoms with Gasteiger partial charge in [-0.05, 0) is 18.6 Å². The molecule has 1 aromatic rings. The number of benzene rings is 1. The van der Waals surface area contributed by atoms with E-state index in [4.69, 9.17) is 10.8 Å². The van der Waals surface area contributed by atoms with Crippen molar-refractivity contribution in [2.45, 2.75) is 30.3 Å². The first kappa shape index (κ1) is 17.7. The highest BCUT2D eigenvalue weighted by atomic mass is 16.3. The third-order valence-electron chi connectivity index (χ3n) is 6.18. The monoisotopic (exact) mass is 398 g/mol. The van der Waals surface area contributed by atoms with E-state index in [0.717, 1.165) is 0 Å². The van der Waals surface area contributed by atoms with E-state index in [9.17, 15) is 14.7 Å². The molecule has 4 unspecified atom stereocenters. The molecule has 0 aromatic heterocycles. The predicted molar refractivity (Wildman–Crippen MR) is 103 cm³/mol. The van der Waals surface area contributed by atoms with Crippen molar-refractivity contribution in [3.8, 4) is 0 Å². The van der Waals surface area contributed by atoms with Gasteiger partial charge in [-0.2, -0.15) is 0 Å². The summed E-state index contributed by atoms with van der Waals surface area (Å²) in [5.41, 5.74) is -0.386. The molecule has 1 spiro atoms. The maximum absolute atomic E-state index is 12.9. The Hall–Kier alpha value is -3.34. The van der Waals surface area contributed by atoms with Crippen LogP contribution in [-0.2, 0) is 4.79 Å². The molecule has 4 saturated heterocycles. The summed E-state index contributed by atoms with van der Waals surface area (Å²) in [5.74, 6) is -0.171. The first-order chi connectivity index (χ1) is 13.9. The molecular formula is C18H22N8O3. The maximum Gasteiger partial charge on any atom is 0.331 e. The fourth-order valence-corrected chi connectivity index (χ4v) is 4.86. The second-order valence-electron chi connectivity index (χ2n) is 7.71. The fourth-order valence-electron chi connectivity index (χ4n) is 4.86. The molecule has 11 heteroatoms. The van der Waals surface area contributed by atoms with Crippen LogP contribution in [0, 0.1) is 10.8 Å². The van der Waals surface area contributed by atoms with E-state index in [-0.39, 0.29) is 30.9 Å². The molecule has 6 N–H and O–H groups in total. The molecule has 0 saturated carbocycles. The number of carbonyl (C=O) groups excluding carboxylic acids is 2. The quantitative estimate of drug-likeness (QED) is 0.344. The lowest BCUT2D eigenvalue weighted by Crippen LogP contribution is -2.77. The molecular weight excluding hydrogens is 376 g/mol. The standard InChI is InChI=1S/C18H22N8O3/c19-15-22-14-11(21-16(20)26-7-6-12(27)18(14,26)23-15)8-25-13(28)9-24(17(25)29)10-4-2-1-3-5-10/h1-5,11-12,14,27H,6-9H2,(H2,20,21)(H3,19,22,23). The van der Waals surface area contributed by atoms with Gasteiger partial charge in [0, 0.05) is 12.2 Å². The summed E-state index contributed by atoms with van der Waals surface area (Å²) in [4.78, 5) is 29.8. The van der Waals surface area contributed by atoms with E-state index >= 15 is 0 Å². The summed E-state index contributed by atoms with van der Waals surface area (Å²) < 4.78 is 0. The van der Waals surface area contributed by atoms with Crippen molar-refractivity contribution in [3.05, 3.63) is 30.3 Å². The van der Waals surface area contributed by atoms with Gasteiger partial charge in [0.2, 0.25) is 0 Å². The van der Waals surface area contributed by atoms with Gasteiger partial charge in [-0.15, -0.1) is 0 Å². The average Bonchev–Trinajstić information content (AvgIpc) is 3.32. The number of hydrogen-bond acceptors (Lipinski definition) is 5. The Bertz CT molecular complexity index is 908. The number of aliphatic hydroxyl groups excluding tert-OH is 1. The Labute approximate surface area is 166 Å². The molecule has 0 radical (unpaired) electrons. The Morgan fingerprint density at radius 1 is 1.17 bits per heavy atom. The first-order valence-corrected chi connectivity index (χ1v) is 9.53. The zero-order valence-electron chi connectivity index (χ0n) is 15.6. The number of nitrogens with zero attached hydrogens (tertiary/aromatic N) is 3. The number of imide groups is 1. The van der Waals surface area contributed by atoms with Gasteiger partial charge in [0.1, 0.15) is 6.54 Å². The van der Waals surface area contributed by atoms with Crippen LogP contribution in [0.4, 0.5) is 10.5 Å². The molecule has 0 bridgehead atoms. The maximum atomic E-state index is 12.9. The van der Waals surface area contributed by atoms with Crippen LogP contribution in [0.1, 0.15) is 6.42 Å². The Morgan fingerprint density at radius 3 is 2.69 bits per heavy atom. The summed E-state index contributed by atoms with van der Waals surface area (Å²) in [6.07, 6.45) is -0.336. The molecule has 4 aliphatic heterocycles. The average molecular weight is 398 g/mol. The largest absolute Gasteiger partial charge is 0.389 e. The number of urea groups is 1. The summed E-state index contributed by atoms with van der Waals surface area (Å²) in [5, 5.41) is 36.1.